The minimum absolute atomic E-state index is 0.352. The van der Waals surface area contributed by atoms with E-state index in [1.807, 2.05) is 13.2 Å². The number of aryl methyl sites for hydroxylation is 1. The fourth-order valence-electron chi connectivity index (χ4n) is 1.65. The van der Waals surface area contributed by atoms with Crippen LogP contribution in [0.4, 0.5) is 5.82 Å². The third kappa shape index (κ3) is 1.83. The van der Waals surface area contributed by atoms with Crippen LogP contribution in [-0.2, 0) is 13.6 Å². The second kappa shape index (κ2) is 3.99. The van der Waals surface area contributed by atoms with Crippen molar-refractivity contribution < 1.29 is 0 Å². The Morgan fingerprint density at radius 1 is 1.44 bits per heavy atom. The summed E-state index contributed by atoms with van der Waals surface area (Å²) >= 11 is 0. The summed E-state index contributed by atoms with van der Waals surface area (Å²) in [6, 6.07) is 3.49. The maximum absolute atomic E-state index is 11.3. The van der Waals surface area contributed by atoms with Crippen LogP contribution in [-0.4, -0.2) is 29.6 Å². The summed E-state index contributed by atoms with van der Waals surface area (Å²) in [7, 11) is 1.86. The number of fused-ring (bicyclic) bond motifs is 1. The van der Waals surface area contributed by atoms with Crippen LogP contribution in [0.3, 0.4) is 0 Å². The number of hydrogen-bond donors (Lipinski definition) is 2. The van der Waals surface area contributed by atoms with Crippen LogP contribution in [0.15, 0.2) is 29.3 Å². The van der Waals surface area contributed by atoms with Crippen molar-refractivity contribution in [2.24, 2.45) is 7.05 Å². The molecular formula is C10H11N7O. The van der Waals surface area contributed by atoms with Crippen LogP contribution >= 0.6 is 0 Å². The normalized spacial score (nSPS) is 10.9. The Morgan fingerprint density at radius 2 is 2.33 bits per heavy atom. The lowest BCUT2D eigenvalue weighted by atomic mass is 10.3. The quantitative estimate of drug-likeness (QED) is 0.664. The van der Waals surface area contributed by atoms with Crippen molar-refractivity contribution in [3.63, 3.8) is 0 Å². The highest BCUT2D eigenvalue weighted by Gasteiger charge is 2.03. The Bertz CT molecular complexity index is 738. The van der Waals surface area contributed by atoms with Crippen molar-refractivity contribution in [3.05, 3.63) is 40.6 Å². The molecule has 3 aromatic rings. The Hall–Kier alpha value is -2.64. The second-order valence-corrected chi connectivity index (χ2v) is 3.89. The number of nitrogens with one attached hydrogen (secondary N) is 2. The molecule has 0 aliphatic carbocycles. The summed E-state index contributed by atoms with van der Waals surface area (Å²) in [5, 5.41) is 17.5. The molecule has 0 bridgehead atoms. The van der Waals surface area contributed by atoms with E-state index >= 15 is 0 Å². The Balaban J connectivity index is 1.82. The van der Waals surface area contributed by atoms with Crippen LogP contribution in [0.2, 0.25) is 0 Å². The minimum Gasteiger partial charge on any atom is -0.364 e. The molecule has 92 valence electrons. The molecule has 0 atom stereocenters. The van der Waals surface area contributed by atoms with Gasteiger partial charge in [-0.25, -0.2) is 9.89 Å². The maximum Gasteiger partial charge on any atom is 0.364 e. The molecule has 0 fully saturated rings. The fraction of sp³-hybridized carbons (Fsp3) is 0.200. The van der Waals surface area contributed by atoms with Gasteiger partial charge in [-0.2, -0.15) is 14.7 Å². The van der Waals surface area contributed by atoms with Crippen LogP contribution in [0.25, 0.3) is 5.65 Å². The van der Waals surface area contributed by atoms with Gasteiger partial charge in [-0.15, -0.1) is 5.10 Å². The lowest BCUT2D eigenvalue weighted by Crippen LogP contribution is -2.13. The highest BCUT2D eigenvalue weighted by atomic mass is 16.2. The molecule has 0 aliphatic heterocycles. The lowest BCUT2D eigenvalue weighted by molar-refractivity contribution is 0.767. The van der Waals surface area contributed by atoms with Gasteiger partial charge in [0, 0.05) is 25.4 Å². The molecule has 8 heteroatoms. The van der Waals surface area contributed by atoms with Gasteiger partial charge in [0.05, 0.1) is 6.20 Å². The molecule has 0 spiro atoms. The number of aromatic amines is 1. The van der Waals surface area contributed by atoms with Crippen molar-refractivity contribution in [2.75, 3.05) is 5.32 Å². The van der Waals surface area contributed by atoms with Crippen molar-refractivity contribution in [1.29, 1.82) is 0 Å². The first-order chi connectivity index (χ1) is 8.72. The van der Waals surface area contributed by atoms with E-state index in [0.29, 0.717) is 18.0 Å². The summed E-state index contributed by atoms with van der Waals surface area (Å²) in [5.74, 6) is 0.606. The van der Waals surface area contributed by atoms with Gasteiger partial charge in [0.2, 0.25) is 0 Å². The fourth-order valence-corrected chi connectivity index (χ4v) is 1.65. The smallest absolute Gasteiger partial charge is 0.364 e. The van der Waals surface area contributed by atoms with E-state index < -0.39 is 0 Å². The number of rotatable bonds is 3. The van der Waals surface area contributed by atoms with Gasteiger partial charge < -0.3 is 5.32 Å². The molecule has 8 nitrogen and oxygen atoms in total. The summed E-state index contributed by atoms with van der Waals surface area (Å²) in [4.78, 5) is 11.3. The molecule has 0 saturated heterocycles. The SMILES string of the molecule is Cn1cc(CNc2ccc3n[nH]c(=O)n3n2)cn1. The van der Waals surface area contributed by atoms with Crippen molar-refractivity contribution in [3.8, 4) is 0 Å². The first-order valence-electron chi connectivity index (χ1n) is 5.38. The zero-order valence-corrected chi connectivity index (χ0v) is 9.66. The number of nitrogens with zero attached hydrogens (tertiary/aromatic N) is 5. The zero-order chi connectivity index (χ0) is 12.5. The predicted octanol–water partition coefficient (Wildman–Crippen LogP) is -0.237. The average molecular weight is 245 g/mol. The van der Waals surface area contributed by atoms with Crippen LogP contribution < -0.4 is 11.0 Å². The largest absolute Gasteiger partial charge is 0.364 e. The summed E-state index contributed by atoms with van der Waals surface area (Å²) in [6.45, 7) is 0.596. The van der Waals surface area contributed by atoms with E-state index in [4.69, 9.17) is 0 Å². The van der Waals surface area contributed by atoms with Crippen LogP contribution in [0, 0.1) is 0 Å². The predicted molar refractivity (Wildman–Crippen MR) is 64.1 cm³/mol. The van der Waals surface area contributed by atoms with Gasteiger partial charge in [-0.1, -0.05) is 0 Å². The van der Waals surface area contributed by atoms with E-state index in [1.54, 1.807) is 23.0 Å². The maximum atomic E-state index is 11.3. The third-order valence-electron chi connectivity index (χ3n) is 2.51. The van der Waals surface area contributed by atoms with E-state index in [-0.39, 0.29) is 5.69 Å². The highest BCUT2D eigenvalue weighted by molar-refractivity contribution is 5.43. The van der Waals surface area contributed by atoms with Crippen molar-refractivity contribution >= 4 is 11.5 Å². The zero-order valence-electron chi connectivity index (χ0n) is 9.66. The van der Waals surface area contributed by atoms with Gasteiger partial charge in [0.25, 0.3) is 0 Å². The van der Waals surface area contributed by atoms with Gasteiger partial charge >= 0.3 is 5.69 Å². The summed E-state index contributed by atoms with van der Waals surface area (Å²) in [6.07, 6.45) is 3.69. The number of hydrogen-bond acceptors (Lipinski definition) is 5. The Labute approximate surface area is 101 Å². The molecule has 0 saturated carbocycles. The first kappa shape index (κ1) is 10.5. The van der Waals surface area contributed by atoms with Crippen molar-refractivity contribution in [2.45, 2.75) is 6.54 Å². The molecule has 3 rings (SSSR count). The van der Waals surface area contributed by atoms with Crippen LogP contribution in [0.5, 0.6) is 0 Å². The standard InChI is InChI=1S/C10H11N7O/c1-16-6-7(5-12-16)4-11-8-2-3-9-13-14-10(18)17(9)15-8/h2-3,5-6H,4H2,1H3,(H,11,15)(H,14,18). The van der Waals surface area contributed by atoms with E-state index in [1.165, 1.54) is 4.52 Å². The van der Waals surface area contributed by atoms with Gasteiger partial charge in [-0.05, 0) is 12.1 Å². The molecule has 2 N–H and O–H groups in total. The second-order valence-electron chi connectivity index (χ2n) is 3.89. The lowest BCUT2D eigenvalue weighted by Gasteiger charge is -2.02. The van der Waals surface area contributed by atoms with Gasteiger partial charge in [0.15, 0.2) is 5.65 Å². The molecule has 3 aromatic heterocycles. The Morgan fingerprint density at radius 3 is 3.11 bits per heavy atom. The summed E-state index contributed by atoms with van der Waals surface area (Å²) in [5.41, 5.74) is 1.18. The van der Waals surface area contributed by atoms with E-state index in [2.05, 4.69) is 25.7 Å². The van der Waals surface area contributed by atoms with Gasteiger partial charge in [0.1, 0.15) is 5.82 Å². The summed E-state index contributed by atoms with van der Waals surface area (Å²) < 4.78 is 2.94. The van der Waals surface area contributed by atoms with Gasteiger partial charge in [-0.3, -0.25) is 4.68 Å². The average Bonchev–Trinajstić information content (AvgIpc) is 2.94. The number of aromatic nitrogens is 6. The third-order valence-corrected chi connectivity index (χ3v) is 2.51. The highest BCUT2D eigenvalue weighted by Crippen LogP contribution is 2.05. The molecule has 0 aliphatic rings. The molecular weight excluding hydrogens is 234 g/mol. The molecule has 3 heterocycles. The topological polar surface area (TPSA) is 92.9 Å². The monoisotopic (exact) mass is 245 g/mol. The molecule has 18 heavy (non-hydrogen) atoms. The molecule has 0 amide bonds. The molecule has 0 aromatic carbocycles. The number of H-pyrrole nitrogens is 1. The first-order valence-corrected chi connectivity index (χ1v) is 5.38. The minimum atomic E-state index is -0.352. The van der Waals surface area contributed by atoms with Crippen LogP contribution in [0.1, 0.15) is 5.56 Å². The molecule has 0 unspecified atom stereocenters. The van der Waals surface area contributed by atoms with E-state index in [9.17, 15) is 4.79 Å². The van der Waals surface area contributed by atoms with Crippen molar-refractivity contribution in [1.82, 2.24) is 29.6 Å². The number of anilines is 1. The Kier molecular flexibility index (Phi) is 2.33. The molecule has 0 radical (unpaired) electrons. The van der Waals surface area contributed by atoms with E-state index in [0.717, 1.165) is 5.56 Å².